The van der Waals surface area contributed by atoms with Crippen LogP contribution in [0.1, 0.15) is 24.8 Å². The van der Waals surface area contributed by atoms with Gasteiger partial charge in [0.2, 0.25) is 0 Å². The molecule has 2 nitrogen and oxygen atoms in total. The van der Waals surface area contributed by atoms with E-state index in [4.69, 9.17) is 0 Å². The van der Waals surface area contributed by atoms with Crippen LogP contribution in [0, 0.1) is 6.92 Å². The van der Waals surface area contributed by atoms with E-state index in [1.807, 2.05) is 0 Å². The van der Waals surface area contributed by atoms with E-state index in [9.17, 15) is 0 Å². The fourth-order valence-electron chi connectivity index (χ4n) is 3.05. The van der Waals surface area contributed by atoms with Crippen LogP contribution in [0.25, 0.3) is 10.9 Å². The van der Waals surface area contributed by atoms with Gasteiger partial charge in [-0.1, -0.05) is 6.07 Å². The third kappa shape index (κ3) is 1.72. The minimum absolute atomic E-state index is 1.22. The van der Waals surface area contributed by atoms with Gasteiger partial charge >= 0.3 is 0 Å². The summed E-state index contributed by atoms with van der Waals surface area (Å²) in [5, 5.41) is 1.44. The number of fused-ring (bicyclic) bond motifs is 1. The smallest absolute Gasteiger partial charge is 0.0501 e. The molecule has 1 aromatic heterocycles. The molecular formula is C15H20N2. The number of hydrogen-bond donors (Lipinski definition) is 0. The van der Waals surface area contributed by atoms with Gasteiger partial charge in [-0.25, -0.2) is 0 Å². The summed E-state index contributed by atoms with van der Waals surface area (Å²) in [6, 6.07) is 6.68. The predicted octanol–water partition coefficient (Wildman–Crippen LogP) is 3.48. The molecule has 0 aliphatic carbocycles. The summed E-state index contributed by atoms with van der Waals surface area (Å²) in [6.07, 6.45) is 6.29. The van der Waals surface area contributed by atoms with Crippen LogP contribution in [0.2, 0.25) is 0 Å². The lowest BCUT2D eigenvalue weighted by Gasteiger charge is -2.29. The molecule has 0 bridgehead atoms. The highest BCUT2D eigenvalue weighted by molar-refractivity contribution is 5.95. The molecule has 17 heavy (non-hydrogen) atoms. The summed E-state index contributed by atoms with van der Waals surface area (Å²) in [7, 11) is 2.13. The van der Waals surface area contributed by atoms with E-state index in [1.54, 1.807) is 0 Å². The number of aromatic nitrogens is 1. The van der Waals surface area contributed by atoms with Gasteiger partial charge in [-0.15, -0.1) is 0 Å². The average molecular weight is 228 g/mol. The third-order valence-electron chi connectivity index (χ3n) is 3.88. The lowest BCUT2D eigenvalue weighted by Crippen LogP contribution is -2.29. The van der Waals surface area contributed by atoms with Gasteiger partial charge in [0.25, 0.3) is 0 Å². The second-order valence-electron chi connectivity index (χ2n) is 5.14. The van der Waals surface area contributed by atoms with Crippen LogP contribution in [0.15, 0.2) is 24.4 Å². The molecule has 90 valence electrons. The van der Waals surface area contributed by atoms with Gasteiger partial charge in [0.1, 0.15) is 0 Å². The second kappa shape index (κ2) is 4.10. The zero-order valence-corrected chi connectivity index (χ0v) is 10.7. The highest BCUT2D eigenvalue weighted by Crippen LogP contribution is 2.32. The number of aryl methyl sites for hydroxylation is 2. The molecule has 0 saturated carbocycles. The molecule has 1 aromatic carbocycles. The quantitative estimate of drug-likeness (QED) is 0.725. The molecule has 3 rings (SSSR count). The zero-order chi connectivity index (χ0) is 11.8. The van der Waals surface area contributed by atoms with E-state index in [0.29, 0.717) is 0 Å². The van der Waals surface area contributed by atoms with Crippen molar-refractivity contribution in [1.82, 2.24) is 4.57 Å². The number of anilines is 1. The van der Waals surface area contributed by atoms with Gasteiger partial charge < -0.3 is 9.47 Å². The van der Waals surface area contributed by atoms with Crippen LogP contribution >= 0.6 is 0 Å². The molecule has 1 aliphatic heterocycles. The predicted molar refractivity (Wildman–Crippen MR) is 73.7 cm³/mol. The standard InChI is InChI=1S/C15H20N2/c1-12-11-16(2)13-7-6-8-14(15(12)13)17-9-4-3-5-10-17/h6-8,11H,3-5,9-10H2,1-2H3. The highest BCUT2D eigenvalue weighted by atomic mass is 15.1. The minimum Gasteiger partial charge on any atom is -0.371 e. The number of benzene rings is 1. The van der Waals surface area contributed by atoms with Crippen molar-refractivity contribution in [2.24, 2.45) is 7.05 Å². The van der Waals surface area contributed by atoms with Crippen molar-refractivity contribution < 1.29 is 0 Å². The van der Waals surface area contributed by atoms with Crippen molar-refractivity contribution in [3.8, 4) is 0 Å². The van der Waals surface area contributed by atoms with Crippen molar-refractivity contribution in [2.75, 3.05) is 18.0 Å². The molecule has 0 atom stereocenters. The number of rotatable bonds is 1. The zero-order valence-electron chi connectivity index (χ0n) is 10.7. The Kier molecular flexibility index (Phi) is 2.58. The van der Waals surface area contributed by atoms with E-state index in [0.717, 1.165) is 0 Å². The monoisotopic (exact) mass is 228 g/mol. The molecule has 0 N–H and O–H groups in total. The van der Waals surface area contributed by atoms with Gasteiger partial charge in [0.05, 0.1) is 5.52 Å². The molecule has 1 saturated heterocycles. The van der Waals surface area contributed by atoms with Crippen LogP contribution < -0.4 is 4.90 Å². The topological polar surface area (TPSA) is 8.17 Å². The average Bonchev–Trinajstić information content (AvgIpc) is 2.66. The van der Waals surface area contributed by atoms with Gasteiger partial charge in [0, 0.05) is 37.4 Å². The van der Waals surface area contributed by atoms with E-state index in [1.165, 1.54) is 54.5 Å². The lowest BCUT2D eigenvalue weighted by atomic mass is 10.1. The Morgan fingerprint density at radius 3 is 2.59 bits per heavy atom. The summed E-state index contributed by atoms with van der Waals surface area (Å²) in [5.41, 5.74) is 4.18. The number of piperidine rings is 1. The summed E-state index contributed by atoms with van der Waals surface area (Å²) < 4.78 is 2.23. The minimum atomic E-state index is 1.22. The Hall–Kier alpha value is -1.44. The maximum atomic E-state index is 2.55. The molecular weight excluding hydrogens is 208 g/mol. The SMILES string of the molecule is Cc1cn(C)c2cccc(N3CCCCC3)c12. The molecule has 0 unspecified atom stereocenters. The van der Waals surface area contributed by atoms with Crippen molar-refractivity contribution >= 4 is 16.6 Å². The molecule has 0 spiro atoms. The van der Waals surface area contributed by atoms with Crippen molar-refractivity contribution in [3.63, 3.8) is 0 Å². The maximum Gasteiger partial charge on any atom is 0.0501 e. The summed E-state index contributed by atoms with van der Waals surface area (Å²) in [4.78, 5) is 2.55. The first-order valence-electron chi connectivity index (χ1n) is 6.57. The lowest BCUT2D eigenvalue weighted by molar-refractivity contribution is 0.579. The molecule has 2 aromatic rings. The number of nitrogens with zero attached hydrogens (tertiary/aromatic N) is 2. The van der Waals surface area contributed by atoms with Gasteiger partial charge in [-0.2, -0.15) is 0 Å². The Bertz CT molecular complexity index is 533. The van der Waals surface area contributed by atoms with Crippen LogP contribution in [-0.4, -0.2) is 17.7 Å². The molecule has 0 radical (unpaired) electrons. The van der Waals surface area contributed by atoms with Crippen LogP contribution in [-0.2, 0) is 7.05 Å². The first kappa shape index (κ1) is 10.7. The van der Waals surface area contributed by atoms with Crippen molar-refractivity contribution in [2.45, 2.75) is 26.2 Å². The normalized spacial score (nSPS) is 16.7. The summed E-state index contributed by atoms with van der Waals surface area (Å²) in [5.74, 6) is 0. The van der Waals surface area contributed by atoms with Gasteiger partial charge in [-0.3, -0.25) is 0 Å². The Morgan fingerprint density at radius 1 is 1.06 bits per heavy atom. The van der Waals surface area contributed by atoms with E-state index in [-0.39, 0.29) is 0 Å². The van der Waals surface area contributed by atoms with Crippen molar-refractivity contribution in [1.29, 1.82) is 0 Å². The van der Waals surface area contributed by atoms with Crippen molar-refractivity contribution in [3.05, 3.63) is 30.0 Å². The molecule has 2 heterocycles. The third-order valence-corrected chi connectivity index (χ3v) is 3.88. The fourth-order valence-corrected chi connectivity index (χ4v) is 3.05. The molecule has 0 amide bonds. The molecule has 1 fully saturated rings. The van der Waals surface area contributed by atoms with Crippen LogP contribution in [0.3, 0.4) is 0 Å². The Balaban J connectivity index is 2.15. The fraction of sp³-hybridized carbons (Fsp3) is 0.467. The highest BCUT2D eigenvalue weighted by Gasteiger charge is 2.15. The van der Waals surface area contributed by atoms with E-state index < -0.39 is 0 Å². The van der Waals surface area contributed by atoms with Gasteiger partial charge in [-0.05, 0) is 43.9 Å². The summed E-state index contributed by atoms with van der Waals surface area (Å²) >= 11 is 0. The van der Waals surface area contributed by atoms with E-state index in [2.05, 4.69) is 47.8 Å². The van der Waals surface area contributed by atoms with Crippen LogP contribution in [0.4, 0.5) is 5.69 Å². The summed E-state index contributed by atoms with van der Waals surface area (Å²) in [6.45, 7) is 4.65. The largest absolute Gasteiger partial charge is 0.371 e. The maximum absolute atomic E-state index is 2.55. The second-order valence-corrected chi connectivity index (χ2v) is 5.14. The Morgan fingerprint density at radius 2 is 1.82 bits per heavy atom. The van der Waals surface area contributed by atoms with E-state index >= 15 is 0 Å². The Labute approximate surface area is 103 Å². The first-order valence-corrected chi connectivity index (χ1v) is 6.57. The first-order chi connectivity index (χ1) is 8.27. The molecule has 2 heteroatoms. The molecule has 1 aliphatic rings. The number of hydrogen-bond acceptors (Lipinski definition) is 1. The van der Waals surface area contributed by atoms with Crippen LogP contribution in [0.5, 0.6) is 0 Å². The van der Waals surface area contributed by atoms with Gasteiger partial charge in [0.15, 0.2) is 0 Å².